The van der Waals surface area contributed by atoms with Gasteiger partial charge >= 0.3 is 0 Å². The minimum Gasteiger partial charge on any atom is -0.355 e. The molecule has 34 heavy (non-hydrogen) atoms. The third-order valence-corrected chi connectivity index (χ3v) is 6.74. The summed E-state index contributed by atoms with van der Waals surface area (Å²) in [6.07, 6.45) is 2.81. The predicted molar refractivity (Wildman–Crippen MR) is 128 cm³/mol. The summed E-state index contributed by atoms with van der Waals surface area (Å²) in [5, 5.41) is 2.89. The number of carbonyl (C=O) groups excluding carboxylic acids is 3. The van der Waals surface area contributed by atoms with Gasteiger partial charge in [0.2, 0.25) is 5.91 Å². The van der Waals surface area contributed by atoms with Crippen molar-refractivity contribution in [1.29, 1.82) is 0 Å². The van der Waals surface area contributed by atoms with Gasteiger partial charge in [-0.25, -0.2) is 4.39 Å². The average molecular weight is 467 g/mol. The molecular formula is C26H31FN4O3. The van der Waals surface area contributed by atoms with Gasteiger partial charge in [0, 0.05) is 30.9 Å². The molecule has 0 aliphatic carbocycles. The van der Waals surface area contributed by atoms with Gasteiger partial charge in [-0.05, 0) is 55.7 Å². The quantitative estimate of drug-likeness (QED) is 0.637. The second-order valence-electron chi connectivity index (χ2n) is 8.94. The molecule has 180 valence electrons. The van der Waals surface area contributed by atoms with E-state index in [0.29, 0.717) is 44.7 Å². The van der Waals surface area contributed by atoms with E-state index in [1.807, 2.05) is 30.3 Å². The van der Waals surface area contributed by atoms with Crippen molar-refractivity contribution >= 4 is 23.4 Å². The zero-order valence-corrected chi connectivity index (χ0v) is 19.5. The minimum absolute atomic E-state index is 0.0197. The molecule has 2 saturated heterocycles. The summed E-state index contributed by atoms with van der Waals surface area (Å²) in [6.45, 7) is 3.82. The van der Waals surface area contributed by atoms with E-state index in [1.165, 1.54) is 24.3 Å². The highest BCUT2D eigenvalue weighted by Gasteiger charge is 2.54. The largest absolute Gasteiger partial charge is 0.355 e. The Morgan fingerprint density at radius 2 is 1.71 bits per heavy atom. The van der Waals surface area contributed by atoms with Gasteiger partial charge in [0.15, 0.2) is 0 Å². The first-order valence-corrected chi connectivity index (χ1v) is 11.9. The van der Waals surface area contributed by atoms with Crippen LogP contribution in [-0.4, -0.2) is 65.9 Å². The van der Waals surface area contributed by atoms with Crippen molar-refractivity contribution < 1.29 is 18.8 Å². The Bertz CT molecular complexity index is 1020. The number of anilines is 1. The molecule has 1 spiro atoms. The van der Waals surface area contributed by atoms with Crippen LogP contribution < -0.4 is 10.2 Å². The summed E-state index contributed by atoms with van der Waals surface area (Å²) in [6, 6.07) is 15.2. The summed E-state index contributed by atoms with van der Waals surface area (Å²) >= 11 is 0. The van der Waals surface area contributed by atoms with Crippen molar-refractivity contribution in [1.82, 2.24) is 15.1 Å². The molecule has 2 aliphatic heterocycles. The standard InChI is InChI=1S/C26H31FN4O3/c1-2-3-15-28-23(32)18-30-19-31(22-7-5-4-6-8-22)26(25(30)34)13-16-29(17-14-26)24(33)20-9-11-21(27)12-10-20/h4-12H,2-3,13-19H2,1H3,(H,28,32). The maximum atomic E-state index is 13.7. The monoisotopic (exact) mass is 466 g/mol. The molecule has 2 heterocycles. The highest BCUT2D eigenvalue weighted by atomic mass is 19.1. The number of para-hydroxylation sites is 1. The molecule has 2 fully saturated rings. The first-order chi connectivity index (χ1) is 16.4. The first kappa shape index (κ1) is 23.7. The Hall–Kier alpha value is -3.42. The Labute approximate surface area is 199 Å². The molecule has 8 heteroatoms. The maximum absolute atomic E-state index is 13.7. The van der Waals surface area contributed by atoms with Gasteiger partial charge < -0.3 is 20.0 Å². The minimum atomic E-state index is -0.801. The van der Waals surface area contributed by atoms with Crippen LogP contribution in [0.15, 0.2) is 54.6 Å². The number of carbonyl (C=O) groups is 3. The van der Waals surface area contributed by atoms with E-state index in [4.69, 9.17) is 0 Å². The average Bonchev–Trinajstić information content (AvgIpc) is 3.11. The number of halogens is 1. The molecule has 0 radical (unpaired) electrons. The van der Waals surface area contributed by atoms with Crippen molar-refractivity contribution in [2.45, 2.75) is 38.1 Å². The van der Waals surface area contributed by atoms with Gasteiger partial charge in [0.25, 0.3) is 11.8 Å². The highest BCUT2D eigenvalue weighted by molar-refractivity contribution is 5.97. The first-order valence-electron chi connectivity index (χ1n) is 11.9. The fourth-order valence-electron chi connectivity index (χ4n) is 4.81. The van der Waals surface area contributed by atoms with Gasteiger partial charge in [-0.15, -0.1) is 0 Å². The fraction of sp³-hybridized carbons (Fsp3) is 0.423. The van der Waals surface area contributed by atoms with Gasteiger partial charge in [-0.2, -0.15) is 0 Å². The molecule has 0 unspecified atom stereocenters. The number of likely N-dealkylation sites (tertiary alicyclic amines) is 1. The van der Waals surface area contributed by atoms with E-state index >= 15 is 0 Å². The number of nitrogens with one attached hydrogen (secondary N) is 1. The molecule has 1 N–H and O–H groups in total. The summed E-state index contributed by atoms with van der Waals surface area (Å²) in [7, 11) is 0. The van der Waals surface area contributed by atoms with Crippen LogP contribution in [0.5, 0.6) is 0 Å². The second-order valence-corrected chi connectivity index (χ2v) is 8.94. The van der Waals surface area contributed by atoms with Crippen molar-refractivity contribution in [3.05, 3.63) is 66.0 Å². The lowest BCUT2D eigenvalue weighted by molar-refractivity contribution is -0.137. The van der Waals surface area contributed by atoms with E-state index < -0.39 is 5.54 Å². The number of nitrogens with zero attached hydrogens (tertiary/aromatic N) is 3. The van der Waals surface area contributed by atoms with Crippen LogP contribution in [0.4, 0.5) is 10.1 Å². The smallest absolute Gasteiger partial charge is 0.253 e. The second kappa shape index (κ2) is 10.2. The van der Waals surface area contributed by atoms with Gasteiger partial charge in [0.05, 0.1) is 6.67 Å². The van der Waals surface area contributed by atoms with E-state index in [1.54, 1.807) is 9.80 Å². The van der Waals surface area contributed by atoms with Crippen molar-refractivity contribution in [2.24, 2.45) is 0 Å². The summed E-state index contributed by atoms with van der Waals surface area (Å²) in [4.78, 5) is 44.5. The molecular weight excluding hydrogens is 435 g/mol. The molecule has 0 saturated carbocycles. The number of rotatable bonds is 7. The van der Waals surface area contributed by atoms with Crippen LogP contribution >= 0.6 is 0 Å². The maximum Gasteiger partial charge on any atom is 0.253 e. The number of hydrogen-bond donors (Lipinski definition) is 1. The van der Waals surface area contributed by atoms with Crippen LogP contribution in [0.2, 0.25) is 0 Å². The van der Waals surface area contributed by atoms with Crippen molar-refractivity contribution in [3.8, 4) is 0 Å². The molecule has 0 atom stereocenters. The van der Waals surface area contributed by atoms with Crippen LogP contribution in [0, 0.1) is 5.82 Å². The zero-order chi connectivity index (χ0) is 24.1. The number of hydrogen-bond acceptors (Lipinski definition) is 4. The summed E-state index contributed by atoms with van der Waals surface area (Å²) < 4.78 is 13.3. The Morgan fingerprint density at radius 3 is 2.35 bits per heavy atom. The molecule has 2 aromatic carbocycles. The highest BCUT2D eigenvalue weighted by Crippen LogP contribution is 2.39. The normalized spacial score (nSPS) is 17.4. The lowest BCUT2D eigenvalue weighted by atomic mass is 9.85. The molecule has 7 nitrogen and oxygen atoms in total. The van der Waals surface area contributed by atoms with E-state index in [9.17, 15) is 18.8 Å². The lowest BCUT2D eigenvalue weighted by Gasteiger charge is -2.43. The van der Waals surface area contributed by atoms with Crippen LogP contribution in [0.25, 0.3) is 0 Å². The van der Waals surface area contributed by atoms with Crippen LogP contribution in [-0.2, 0) is 9.59 Å². The third-order valence-electron chi connectivity index (χ3n) is 6.74. The molecule has 0 bridgehead atoms. The Balaban J connectivity index is 1.51. The molecule has 3 amide bonds. The van der Waals surface area contributed by atoms with E-state index in [2.05, 4.69) is 17.1 Å². The van der Waals surface area contributed by atoms with Crippen molar-refractivity contribution in [3.63, 3.8) is 0 Å². The summed E-state index contributed by atoms with van der Waals surface area (Å²) in [5.74, 6) is -0.784. The molecule has 0 aromatic heterocycles. The van der Waals surface area contributed by atoms with E-state index in [-0.39, 0.29) is 30.1 Å². The molecule has 4 rings (SSSR count). The SMILES string of the molecule is CCCCNC(=O)CN1CN(c2ccccc2)C2(CCN(C(=O)c3ccc(F)cc3)CC2)C1=O. The topological polar surface area (TPSA) is 73.0 Å². The number of amides is 3. The Morgan fingerprint density at radius 1 is 1.03 bits per heavy atom. The molecule has 2 aromatic rings. The lowest BCUT2D eigenvalue weighted by Crippen LogP contribution is -2.57. The van der Waals surface area contributed by atoms with E-state index in [0.717, 1.165) is 18.5 Å². The molecule has 2 aliphatic rings. The Kier molecular flexibility index (Phi) is 7.14. The van der Waals surface area contributed by atoms with Gasteiger partial charge in [0.1, 0.15) is 17.9 Å². The number of benzene rings is 2. The number of piperidine rings is 1. The van der Waals surface area contributed by atoms with Gasteiger partial charge in [-0.3, -0.25) is 14.4 Å². The van der Waals surface area contributed by atoms with Gasteiger partial charge in [-0.1, -0.05) is 31.5 Å². The predicted octanol–water partition coefficient (Wildman–Crippen LogP) is 3.02. The zero-order valence-electron chi connectivity index (χ0n) is 19.5. The number of unbranched alkanes of at least 4 members (excludes halogenated alkanes) is 1. The fourth-order valence-corrected chi connectivity index (χ4v) is 4.81. The van der Waals surface area contributed by atoms with Crippen molar-refractivity contribution in [2.75, 3.05) is 37.7 Å². The third kappa shape index (κ3) is 4.76. The van der Waals surface area contributed by atoms with Crippen LogP contribution in [0.1, 0.15) is 43.0 Å². The van der Waals surface area contributed by atoms with Crippen LogP contribution in [0.3, 0.4) is 0 Å². The summed E-state index contributed by atoms with van der Waals surface area (Å²) in [5.41, 5.74) is 0.549.